The molecule has 0 spiro atoms. The molecule has 1 heterocycles. The standard InChI is InChI=1S/C8H14N4/c1-2-7-5-12(11-10-7)8-3-6(9)4-8/h5-6,8H,2-4,9H2,1H3/t6-,8+. The maximum atomic E-state index is 5.68. The van der Waals surface area contributed by atoms with E-state index >= 15 is 0 Å². The van der Waals surface area contributed by atoms with Gasteiger partial charge in [0.05, 0.1) is 11.7 Å². The molecule has 1 saturated carbocycles. The number of nitrogens with zero attached hydrogens (tertiary/aromatic N) is 3. The largest absolute Gasteiger partial charge is 0.328 e. The zero-order valence-corrected chi connectivity index (χ0v) is 7.27. The van der Waals surface area contributed by atoms with Gasteiger partial charge < -0.3 is 5.73 Å². The van der Waals surface area contributed by atoms with E-state index < -0.39 is 0 Å². The van der Waals surface area contributed by atoms with E-state index in [-0.39, 0.29) is 0 Å². The van der Waals surface area contributed by atoms with Crippen LogP contribution in [0.4, 0.5) is 0 Å². The molecule has 4 heteroatoms. The minimum atomic E-state index is 0.379. The number of hydrogen-bond acceptors (Lipinski definition) is 3. The summed E-state index contributed by atoms with van der Waals surface area (Å²) in [6.45, 7) is 2.08. The summed E-state index contributed by atoms with van der Waals surface area (Å²) in [5.41, 5.74) is 6.75. The molecule has 0 bridgehead atoms. The summed E-state index contributed by atoms with van der Waals surface area (Å²) < 4.78 is 1.95. The fraction of sp³-hybridized carbons (Fsp3) is 0.750. The lowest BCUT2D eigenvalue weighted by Gasteiger charge is -2.31. The van der Waals surface area contributed by atoms with Gasteiger partial charge in [0.1, 0.15) is 0 Å². The van der Waals surface area contributed by atoms with Crippen molar-refractivity contribution in [2.75, 3.05) is 0 Å². The van der Waals surface area contributed by atoms with E-state index in [2.05, 4.69) is 17.2 Å². The molecule has 1 fully saturated rings. The summed E-state index contributed by atoms with van der Waals surface area (Å²) in [6, 6.07) is 0.886. The van der Waals surface area contributed by atoms with Crippen molar-refractivity contribution in [2.24, 2.45) is 5.73 Å². The molecule has 1 aliphatic rings. The van der Waals surface area contributed by atoms with E-state index in [0.29, 0.717) is 12.1 Å². The van der Waals surface area contributed by atoms with Crippen LogP contribution >= 0.6 is 0 Å². The molecule has 12 heavy (non-hydrogen) atoms. The summed E-state index contributed by atoms with van der Waals surface area (Å²) in [6.07, 6.45) is 5.08. The van der Waals surface area contributed by atoms with Gasteiger partial charge in [-0.15, -0.1) is 5.10 Å². The van der Waals surface area contributed by atoms with Crippen LogP contribution < -0.4 is 5.73 Å². The van der Waals surface area contributed by atoms with Gasteiger partial charge in [0, 0.05) is 12.2 Å². The van der Waals surface area contributed by atoms with Gasteiger partial charge >= 0.3 is 0 Å². The lowest BCUT2D eigenvalue weighted by atomic mass is 9.88. The third-order valence-corrected chi connectivity index (χ3v) is 2.44. The van der Waals surface area contributed by atoms with Crippen molar-refractivity contribution in [3.63, 3.8) is 0 Å². The number of rotatable bonds is 2. The van der Waals surface area contributed by atoms with Crippen molar-refractivity contribution in [1.82, 2.24) is 15.0 Å². The molecular weight excluding hydrogens is 152 g/mol. The van der Waals surface area contributed by atoms with E-state index in [1.165, 1.54) is 0 Å². The van der Waals surface area contributed by atoms with Gasteiger partial charge in [-0.25, -0.2) is 4.68 Å². The molecule has 2 N–H and O–H groups in total. The molecule has 1 aromatic heterocycles. The van der Waals surface area contributed by atoms with E-state index in [1.54, 1.807) is 0 Å². The van der Waals surface area contributed by atoms with Crippen LogP contribution in [0.2, 0.25) is 0 Å². The first kappa shape index (κ1) is 7.73. The van der Waals surface area contributed by atoms with Gasteiger partial charge in [-0.2, -0.15) is 0 Å². The van der Waals surface area contributed by atoms with E-state index in [1.807, 2.05) is 10.9 Å². The first-order chi connectivity index (χ1) is 5.79. The fourth-order valence-electron chi connectivity index (χ4n) is 1.50. The Morgan fingerprint density at radius 1 is 1.67 bits per heavy atom. The Bertz CT molecular complexity index is 262. The van der Waals surface area contributed by atoms with Gasteiger partial charge in [-0.05, 0) is 19.3 Å². The highest BCUT2D eigenvalue weighted by molar-refractivity contribution is 4.95. The highest BCUT2D eigenvalue weighted by Crippen LogP contribution is 2.29. The van der Waals surface area contributed by atoms with Crippen LogP contribution in [0.15, 0.2) is 6.20 Å². The zero-order chi connectivity index (χ0) is 8.55. The second-order valence-electron chi connectivity index (χ2n) is 3.43. The Kier molecular flexibility index (Phi) is 1.84. The number of aryl methyl sites for hydroxylation is 1. The van der Waals surface area contributed by atoms with Gasteiger partial charge in [0.25, 0.3) is 0 Å². The topological polar surface area (TPSA) is 56.7 Å². The van der Waals surface area contributed by atoms with E-state index in [4.69, 9.17) is 5.73 Å². The van der Waals surface area contributed by atoms with Gasteiger partial charge in [-0.1, -0.05) is 12.1 Å². The summed E-state index contributed by atoms with van der Waals surface area (Å²) >= 11 is 0. The molecule has 1 aromatic rings. The van der Waals surface area contributed by atoms with Crippen molar-refractivity contribution in [3.05, 3.63) is 11.9 Å². The Morgan fingerprint density at radius 3 is 2.92 bits per heavy atom. The molecule has 0 aromatic carbocycles. The van der Waals surface area contributed by atoms with Crippen molar-refractivity contribution < 1.29 is 0 Å². The quantitative estimate of drug-likeness (QED) is 0.696. The maximum Gasteiger partial charge on any atom is 0.0824 e. The van der Waals surface area contributed by atoms with Crippen LogP contribution in [-0.2, 0) is 6.42 Å². The second kappa shape index (κ2) is 2.86. The molecule has 4 nitrogen and oxygen atoms in total. The summed E-state index contributed by atoms with van der Waals surface area (Å²) in [5, 5.41) is 8.09. The molecule has 1 aliphatic carbocycles. The van der Waals surface area contributed by atoms with E-state index in [0.717, 1.165) is 25.0 Å². The minimum absolute atomic E-state index is 0.379. The highest BCUT2D eigenvalue weighted by Gasteiger charge is 2.28. The zero-order valence-electron chi connectivity index (χ0n) is 7.27. The number of hydrogen-bond donors (Lipinski definition) is 1. The summed E-state index contributed by atoms with van der Waals surface area (Å²) in [7, 11) is 0. The molecule has 66 valence electrons. The molecule has 0 amide bonds. The third kappa shape index (κ3) is 1.22. The highest BCUT2D eigenvalue weighted by atomic mass is 15.4. The van der Waals surface area contributed by atoms with Crippen molar-refractivity contribution in [2.45, 2.75) is 38.3 Å². The fourth-order valence-corrected chi connectivity index (χ4v) is 1.50. The normalized spacial score (nSPS) is 28.5. The Morgan fingerprint density at radius 2 is 2.42 bits per heavy atom. The van der Waals surface area contributed by atoms with Crippen LogP contribution in [0.3, 0.4) is 0 Å². The first-order valence-corrected chi connectivity index (χ1v) is 4.46. The van der Waals surface area contributed by atoms with Crippen LogP contribution in [0.5, 0.6) is 0 Å². The molecule has 0 aliphatic heterocycles. The molecule has 0 atom stereocenters. The number of aromatic nitrogens is 3. The van der Waals surface area contributed by atoms with Crippen LogP contribution in [0, 0.1) is 0 Å². The average Bonchev–Trinajstić information content (AvgIpc) is 2.46. The Balaban J connectivity index is 2.04. The maximum absolute atomic E-state index is 5.68. The van der Waals surface area contributed by atoms with E-state index in [9.17, 15) is 0 Å². The van der Waals surface area contributed by atoms with Crippen LogP contribution in [0.25, 0.3) is 0 Å². The molecular formula is C8H14N4. The van der Waals surface area contributed by atoms with Crippen molar-refractivity contribution in [3.8, 4) is 0 Å². The molecule has 0 radical (unpaired) electrons. The lowest BCUT2D eigenvalue weighted by Crippen LogP contribution is -2.37. The molecule has 0 unspecified atom stereocenters. The predicted octanol–water partition coefficient (Wildman–Crippen LogP) is 0.503. The van der Waals surface area contributed by atoms with Gasteiger partial charge in [0.2, 0.25) is 0 Å². The predicted molar refractivity (Wildman–Crippen MR) is 45.6 cm³/mol. The average molecular weight is 166 g/mol. The SMILES string of the molecule is CCc1cn([C@H]2C[C@@H](N)C2)nn1. The first-order valence-electron chi connectivity index (χ1n) is 4.46. The van der Waals surface area contributed by atoms with Crippen molar-refractivity contribution in [1.29, 1.82) is 0 Å². The van der Waals surface area contributed by atoms with Crippen LogP contribution in [-0.4, -0.2) is 21.0 Å². The van der Waals surface area contributed by atoms with Gasteiger partial charge in [0.15, 0.2) is 0 Å². The summed E-state index contributed by atoms with van der Waals surface area (Å²) in [5.74, 6) is 0. The third-order valence-electron chi connectivity index (χ3n) is 2.44. The Labute approximate surface area is 71.8 Å². The molecule has 0 saturated heterocycles. The van der Waals surface area contributed by atoms with Gasteiger partial charge in [-0.3, -0.25) is 0 Å². The number of nitrogens with two attached hydrogens (primary N) is 1. The Hall–Kier alpha value is -0.900. The smallest absolute Gasteiger partial charge is 0.0824 e. The van der Waals surface area contributed by atoms with Crippen molar-refractivity contribution >= 4 is 0 Å². The van der Waals surface area contributed by atoms with Crippen LogP contribution in [0.1, 0.15) is 31.5 Å². The minimum Gasteiger partial charge on any atom is -0.328 e. The molecule has 2 rings (SSSR count). The second-order valence-corrected chi connectivity index (χ2v) is 3.43. The lowest BCUT2D eigenvalue weighted by molar-refractivity contribution is 0.243. The summed E-state index contributed by atoms with van der Waals surface area (Å²) in [4.78, 5) is 0. The monoisotopic (exact) mass is 166 g/mol.